The summed E-state index contributed by atoms with van der Waals surface area (Å²) in [5.74, 6) is 0.0612. The molecule has 2 aromatic rings. The molecule has 1 aromatic carbocycles. The minimum absolute atomic E-state index is 0.255. The van der Waals surface area contributed by atoms with Gasteiger partial charge in [-0.05, 0) is 29.2 Å². The Morgan fingerprint density at radius 1 is 1.33 bits per heavy atom. The van der Waals surface area contributed by atoms with Gasteiger partial charge in [0.05, 0.1) is 5.69 Å². The first kappa shape index (κ1) is 12.8. The third-order valence-electron chi connectivity index (χ3n) is 2.98. The molecule has 0 unspecified atom stereocenters. The lowest BCUT2D eigenvalue weighted by molar-refractivity contribution is 0.625. The summed E-state index contributed by atoms with van der Waals surface area (Å²) < 4.78 is 15.0. The first-order valence-electron chi connectivity index (χ1n) is 6.05. The predicted molar refractivity (Wildman–Crippen MR) is 70.6 cm³/mol. The standard InChI is InChI=1S/C14H18FN3/c1-9(2)14-13(8-18(3)17-14)12-5-4-11(15)6-10(12)7-16/h4-6,8-9H,7,16H2,1-3H3. The van der Waals surface area contributed by atoms with Crippen LogP contribution in [0, 0.1) is 5.82 Å². The van der Waals surface area contributed by atoms with Gasteiger partial charge in [0.2, 0.25) is 0 Å². The van der Waals surface area contributed by atoms with Crippen LogP contribution >= 0.6 is 0 Å². The Balaban J connectivity index is 2.61. The molecule has 0 aliphatic heterocycles. The molecule has 0 radical (unpaired) electrons. The van der Waals surface area contributed by atoms with Crippen LogP contribution in [0.4, 0.5) is 4.39 Å². The van der Waals surface area contributed by atoms with Gasteiger partial charge in [-0.25, -0.2) is 4.39 Å². The molecule has 3 nitrogen and oxygen atoms in total. The van der Waals surface area contributed by atoms with Crippen molar-refractivity contribution in [3.63, 3.8) is 0 Å². The van der Waals surface area contributed by atoms with Crippen molar-refractivity contribution in [1.29, 1.82) is 0 Å². The van der Waals surface area contributed by atoms with Crippen molar-refractivity contribution in [3.8, 4) is 11.1 Å². The van der Waals surface area contributed by atoms with Crippen LogP contribution in [0.3, 0.4) is 0 Å². The molecular weight excluding hydrogens is 229 g/mol. The van der Waals surface area contributed by atoms with Crippen LogP contribution in [0.15, 0.2) is 24.4 Å². The van der Waals surface area contributed by atoms with Gasteiger partial charge in [-0.3, -0.25) is 4.68 Å². The minimum Gasteiger partial charge on any atom is -0.326 e. The van der Waals surface area contributed by atoms with Gasteiger partial charge in [-0.1, -0.05) is 19.9 Å². The van der Waals surface area contributed by atoms with Crippen molar-refractivity contribution >= 4 is 0 Å². The number of hydrogen-bond donors (Lipinski definition) is 1. The summed E-state index contributed by atoms with van der Waals surface area (Å²) in [7, 11) is 1.89. The van der Waals surface area contributed by atoms with Gasteiger partial charge < -0.3 is 5.73 Å². The first-order valence-corrected chi connectivity index (χ1v) is 6.05. The fraction of sp³-hybridized carbons (Fsp3) is 0.357. The highest BCUT2D eigenvalue weighted by molar-refractivity contribution is 5.69. The highest BCUT2D eigenvalue weighted by Gasteiger charge is 2.15. The molecule has 96 valence electrons. The molecule has 0 fully saturated rings. The Bertz CT molecular complexity index is 558. The van der Waals surface area contributed by atoms with Gasteiger partial charge in [0.15, 0.2) is 0 Å². The smallest absolute Gasteiger partial charge is 0.123 e. The van der Waals surface area contributed by atoms with E-state index in [1.807, 2.05) is 13.2 Å². The lowest BCUT2D eigenvalue weighted by atomic mass is 9.96. The lowest BCUT2D eigenvalue weighted by Gasteiger charge is -2.09. The monoisotopic (exact) mass is 247 g/mol. The maximum absolute atomic E-state index is 13.2. The number of rotatable bonds is 3. The Kier molecular flexibility index (Phi) is 3.48. The number of aromatic nitrogens is 2. The Hall–Kier alpha value is -1.68. The average Bonchev–Trinajstić information content (AvgIpc) is 2.71. The van der Waals surface area contributed by atoms with E-state index in [1.54, 1.807) is 10.7 Å². The number of aryl methyl sites for hydroxylation is 1. The molecule has 18 heavy (non-hydrogen) atoms. The molecule has 0 aliphatic rings. The van der Waals surface area contributed by atoms with E-state index in [9.17, 15) is 4.39 Å². The van der Waals surface area contributed by atoms with E-state index in [4.69, 9.17) is 5.73 Å². The van der Waals surface area contributed by atoms with Crippen molar-refractivity contribution in [2.75, 3.05) is 0 Å². The predicted octanol–water partition coefficient (Wildman–Crippen LogP) is 2.81. The first-order chi connectivity index (χ1) is 8.52. The maximum Gasteiger partial charge on any atom is 0.123 e. The molecule has 0 aliphatic carbocycles. The van der Waals surface area contributed by atoms with Crippen molar-refractivity contribution in [2.24, 2.45) is 12.8 Å². The van der Waals surface area contributed by atoms with Gasteiger partial charge in [0.1, 0.15) is 5.82 Å². The SMILES string of the molecule is CC(C)c1nn(C)cc1-c1ccc(F)cc1CN. The van der Waals surface area contributed by atoms with Gasteiger partial charge in [-0.15, -0.1) is 0 Å². The summed E-state index contributed by atoms with van der Waals surface area (Å²) in [6.07, 6.45) is 1.96. The molecule has 0 spiro atoms. The normalized spacial score (nSPS) is 11.2. The molecule has 4 heteroatoms. The van der Waals surface area contributed by atoms with E-state index in [1.165, 1.54) is 12.1 Å². The second kappa shape index (κ2) is 4.90. The van der Waals surface area contributed by atoms with E-state index >= 15 is 0 Å². The molecule has 0 atom stereocenters. The zero-order valence-corrected chi connectivity index (χ0v) is 10.9. The van der Waals surface area contributed by atoms with E-state index < -0.39 is 0 Å². The topological polar surface area (TPSA) is 43.8 Å². The van der Waals surface area contributed by atoms with E-state index in [0.717, 1.165) is 22.4 Å². The molecule has 2 N–H and O–H groups in total. The number of nitrogens with zero attached hydrogens (tertiary/aromatic N) is 2. The summed E-state index contributed by atoms with van der Waals surface area (Å²) in [6, 6.07) is 4.73. The van der Waals surface area contributed by atoms with Crippen molar-refractivity contribution in [2.45, 2.75) is 26.3 Å². The Labute approximate surface area is 106 Å². The fourth-order valence-electron chi connectivity index (χ4n) is 2.13. The Morgan fingerprint density at radius 2 is 2.06 bits per heavy atom. The van der Waals surface area contributed by atoms with Crippen molar-refractivity contribution in [3.05, 3.63) is 41.5 Å². The highest BCUT2D eigenvalue weighted by Crippen LogP contribution is 2.30. The van der Waals surface area contributed by atoms with Gasteiger partial charge >= 0.3 is 0 Å². The van der Waals surface area contributed by atoms with Gasteiger partial charge in [-0.2, -0.15) is 5.10 Å². The number of benzene rings is 1. The van der Waals surface area contributed by atoms with Crippen LogP contribution in [0.5, 0.6) is 0 Å². The van der Waals surface area contributed by atoms with Crippen LogP contribution in [0.1, 0.15) is 31.0 Å². The molecular formula is C14H18FN3. The molecule has 0 saturated carbocycles. The van der Waals surface area contributed by atoms with Crippen molar-refractivity contribution in [1.82, 2.24) is 9.78 Å². The quantitative estimate of drug-likeness (QED) is 0.906. The van der Waals surface area contributed by atoms with Crippen LogP contribution < -0.4 is 5.73 Å². The molecule has 2 rings (SSSR count). The maximum atomic E-state index is 13.2. The molecule has 1 heterocycles. The molecule has 0 bridgehead atoms. The number of hydrogen-bond acceptors (Lipinski definition) is 2. The number of nitrogens with two attached hydrogens (primary N) is 1. The molecule has 0 saturated heterocycles. The Morgan fingerprint density at radius 3 is 2.67 bits per heavy atom. The molecule has 1 aromatic heterocycles. The van der Waals surface area contributed by atoms with Crippen LogP contribution in [0.2, 0.25) is 0 Å². The third kappa shape index (κ3) is 2.29. The fourth-order valence-corrected chi connectivity index (χ4v) is 2.13. The minimum atomic E-state index is -0.255. The highest BCUT2D eigenvalue weighted by atomic mass is 19.1. The summed E-state index contributed by atoms with van der Waals surface area (Å²) in [4.78, 5) is 0. The summed E-state index contributed by atoms with van der Waals surface area (Å²) >= 11 is 0. The van der Waals surface area contributed by atoms with Crippen LogP contribution in [-0.4, -0.2) is 9.78 Å². The summed E-state index contributed by atoms with van der Waals surface area (Å²) in [6.45, 7) is 4.51. The third-order valence-corrected chi connectivity index (χ3v) is 2.98. The average molecular weight is 247 g/mol. The van der Waals surface area contributed by atoms with Crippen molar-refractivity contribution < 1.29 is 4.39 Å². The summed E-state index contributed by atoms with van der Waals surface area (Å²) in [5.41, 5.74) is 9.52. The second-order valence-corrected chi connectivity index (χ2v) is 4.76. The van der Waals surface area contributed by atoms with E-state index in [0.29, 0.717) is 12.5 Å². The lowest BCUT2D eigenvalue weighted by Crippen LogP contribution is -2.01. The number of halogens is 1. The van der Waals surface area contributed by atoms with E-state index in [-0.39, 0.29) is 5.82 Å². The molecule has 0 amide bonds. The second-order valence-electron chi connectivity index (χ2n) is 4.76. The van der Waals surface area contributed by atoms with Gasteiger partial charge in [0, 0.05) is 25.4 Å². The van der Waals surface area contributed by atoms with Crippen LogP contribution in [-0.2, 0) is 13.6 Å². The van der Waals surface area contributed by atoms with Crippen LogP contribution in [0.25, 0.3) is 11.1 Å². The zero-order chi connectivity index (χ0) is 13.3. The zero-order valence-electron chi connectivity index (χ0n) is 10.9. The van der Waals surface area contributed by atoms with Gasteiger partial charge in [0.25, 0.3) is 0 Å². The van der Waals surface area contributed by atoms with E-state index in [2.05, 4.69) is 18.9 Å². The largest absolute Gasteiger partial charge is 0.326 e. The summed E-state index contributed by atoms with van der Waals surface area (Å²) in [5, 5.41) is 4.47.